The molecular formula is C16H24N2O2. The van der Waals surface area contributed by atoms with Gasteiger partial charge < -0.3 is 15.8 Å². The van der Waals surface area contributed by atoms with Gasteiger partial charge in [-0.05, 0) is 42.9 Å². The van der Waals surface area contributed by atoms with E-state index in [1.807, 2.05) is 38.1 Å². The first-order chi connectivity index (χ1) is 9.48. The number of hydrogen-bond donors (Lipinski definition) is 2. The van der Waals surface area contributed by atoms with Gasteiger partial charge >= 0.3 is 0 Å². The van der Waals surface area contributed by atoms with E-state index in [4.69, 9.17) is 10.5 Å². The number of methoxy groups -OCH3 is 1. The van der Waals surface area contributed by atoms with Gasteiger partial charge in [-0.3, -0.25) is 4.79 Å². The molecule has 110 valence electrons. The Morgan fingerprint density at radius 1 is 1.30 bits per heavy atom. The fraction of sp³-hybridized carbons (Fsp3) is 0.562. The van der Waals surface area contributed by atoms with Crippen LogP contribution in [-0.4, -0.2) is 19.1 Å². The molecule has 0 aliphatic heterocycles. The molecule has 0 bridgehead atoms. The lowest BCUT2D eigenvalue weighted by Crippen LogP contribution is -2.56. The summed E-state index contributed by atoms with van der Waals surface area (Å²) in [5, 5.41) is 3.16. The number of ether oxygens (including phenoxy) is 1. The Morgan fingerprint density at radius 2 is 1.90 bits per heavy atom. The van der Waals surface area contributed by atoms with E-state index in [1.165, 1.54) is 0 Å². The van der Waals surface area contributed by atoms with Crippen LogP contribution in [0, 0.1) is 5.92 Å². The number of rotatable bonds is 5. The molecule has 0 radical (unpaired) electrons. The Bertz CT molecular complexity index is 464. The molecule has 1 atom stereocenters. The molecule has 0 spiro atoms. The summed E-state index contributed by atoms with van der Waals surface area (Å²) < 4.78 is 5.18. The number of nitrogens with one attached hydrogen (secondary N) is 1. The third-order valence-corrected chi connectivity index (χ3v) is 4.23. The van der Waals surface area contributed by atoms with Crippen molar-refractivity contribution in [3.8, 4) is 5.75 Å². The predicted molar refractivity (Wildman–Crippen MR) is 79.5 cm³/mol. The van der Waals surface area contributed by atoms with Crippen LogP contribution in [0.2, 0.25) is 0 Å². The molecule has 1 aromatic rings. The molecule has 2 rings (SSSR count). The van der Waals surface area contributed by atoms with E-state index in [-0.39, 0.29) is 17.4 Å². The molecule has 1 unspecified atom stereocenters. The maximum Gasteiger partial charge on any atom is 0.237 e. The van der Waals surface area contributed by atoms with Crippen molar-refractivity contribution >= 4 is 5.91 Å². The van der Waals surface area contributed by atoms with E-state index >= 15 is 0 Å². The summed E-state index contributed by atoms with van der Waals surface area (Å²) in [4.78, 5) is 12.2. The van der Waals surface area contributed by atoms with Crippen LogP contribution in [0.25, 0.3) is 0 Å². The molecule has 4 nitrogen and oxygen atoms in total. The van der Waals surface area contributed by atoms with Crippen molar-refractivity contribution in [1.82, 2.24) is 5.32 Å². The Kier molecular flexibility index (Phi) is 4.33. The molecule has 1 aliphatic rings. The van der Waals surface area contributed by atoms with Gasteiger partial charge in [0.05, 0.1) is 18.7 Å². The van der Waals surface area contributed by atoms with Crippen molar-refractivity contribution < 1.29 is 9.53 Å². The summed E-state index contributed by atoms with van der Waals surface area (Å²) in [6.45, 7) is 3.93. The molecule has 0 aromatic heterocycles. The average molecular weight is 276 g/mol. The lowest BCUT2D eigenvalue weighted by atomic mass is 9.71. The highest BCUT2D eigenvalue weighted by Gasteiger charge is 2.41. The lowest BCUT2D eigenvalue weighted by Gasteiger charge is -2.44. The quantitative estimate of drug-likeness (QED) is 0.866. The number of benzene rings is 1. The second-order valence-electron chi connectivity index (χ2n) is 5.92. The highest BCUT2D eigenvalue weighted by Crippen LogP contribution is 2.41. The second kappa shape index (κ2) is 5.83. The van der Waals surface area contributed by atoms with Gasteiger partial charge in [-0.15, -0.1) is 0 Å². The van der Waals surface area contributed by atoms with Crippen molar-refractivity contribution in [2.75, 3.05) is 7.11 Å². The lowest BCUT2D eigenvalue weighted by molar-refractivity contribution is -0.126. The molecule has 20 heavy (non-hydrogen) atoms. The first-order valence-corrected chi connectivity index (χ1v) is 7.21. The minimum absolute atomic E-state index is 0.0597. The maximum absolute atomic E-state index is 12.2. The van der Waals surface area contributed by atoms with Crippen LogP contribution >= 0.6 is 0 Å². The predicted octanol–water partition coefficient (Wildman–Crippen LogP) is 2.17. The van der Waals surface area contributed by atoms with Crippen LogP contribution in [0.5, 0.6) is 5.75 Å². The zero-order valence-electron chi connectivity index (χ0n) is 12.5. The molecule has 4 heteroatoms. The standard InChI is InChI=1S/C16H24N2O2/c1-11(2)14(17)15(19)18-16(9-4-10-16)12-5-7-13(20-3)8-6-12/h5-8,11,14H,4,9-10,17H2,1-3H3,(H,18,19). The first kappa shape index (κ1) is 14.9. The fourth-order valence-electron chi connectivity index (χ4n) is 2.55. The van der Waals surface area contributed by atoms with Crippen molar-refractivity contribution in [3.05, 3.63) is 29.8 Å². The molecule has 1 fully saturated rings. The molecule has 1 aromatic carbocycles. The number of nitrogens with two attached hydrogens (primary N) is 1. The first-order valence-electron chi connectivity index (χ1n) is 7.21. The summed E-state index contributed by atoms with van der Waals surface area (Å²) in [6.07, 6.45) is 3.06. The Hall–Kier alpha value is -1.55. The summed E-state index contributed by atoms with van der Waals surface area (Å²) in [6, 6.07) is 7.47. The average Bonchev–Trinajstić information content (AvgIpc) is 2.41. The maximum atomic E-state index is 12.2. The van der Waals surface area contributed by atoms with Crippen LogP contribution in [0.1, 0.15) is 38.7 Å². The Morgan fingerprint density at radius 3 is 2.30 bits per heavy atom. The van der Waals surface area contributed by atoms with E-state index in [1.54, 1.807) is 7.11 Å². The summed E-state index contributed by atoms with van der Waals surface area (Å²) >= 11 is 0. The van der Waals surface area contributed by atoms with Gasteiger partial charge in [0.25, 0.3) is 0 Å². The fourth-order valence-corrected chi connectivity index (χ4v) is 2.55. The van der Waals surface area contributed by atoms with E-state index in [0.717, 1.165) is 30.6 Å². The van der Waals surface area contributed by atoms with Gasteiger partial charge in [-0.1, -0.05) is 26.0 Å². The SMILES string of the molecule is COc1ccc(C2(NC(=O)C(N)C(C)C)CCC2)cc1. The molecular weight excluding hydrogens is 252 g/mol. The van der Waals surface area contributed by atoms with Crippen LogP contribution in [-0.2, 0) is 10.3 Å². The summed E-state index contributed by atoms with van der Waals surface area (Å²) in [5.41, 5.74) is 6.83. The third-order valence-electron chi connectivity index (χ3n) is 4.23. The van der Waals surface area contributed by atoms with Crippen LogP contribution in [0.3, 0.4) is 0 Å². The number of amides is 1. The molecule has 0 saturated heterocycles. The van der Waals surface area contributed by atoms with E-state index in [2.05, 4.69) is 5.32 Å². The van der Waals surface area contributed by atoms with Gasteiger partial charge in [0, 0.05) is 0 Å². The monoisotopic (exact) mass is 276 g/mol. The van der Waals surface area contributed by atoms with Crippen molar-refractivity contribution in [3.63, 3.8) is 0 Å². The second-order valence-corrected chi connectivity index (χ2v) is 5.92. The normalized spacial score (nSPS) is 18.2. The summed E-state index contributed by atoms with van der Waals surface area (Å²) in [5.74, 6) is 0.909. The van der Waals surface area contributed by atoms with Crippen molar-refractivity contribution in [2.24, 2.45) is 11.7 Å². The Balaban J connectivity index is 2.14. The highest BCUT2D eigenvalue weighted by atomic mass is 16.5. The highest BCUT2D eigenvalue weighted by molar-refractivity contribution is 5.82. The van der Waals surface area contributed by atoms with Crippen molar-refractivity contribution in [2.45, 2.75) is 44.7 Å². The molecule has 0 heterocycles. The van der Waals surface area contributed by atoms with E-state index in [0.29, 0.717) is 0 Å². The number of carbonyl (C=O) groups is 1. The van der Waals surface area contributed by atoms with Crippen LogP contribution < -0.4 is 15.8 Å². The van der Waals surface area contributed by atoms with Crippen LogP contribution in [0.4, 0.5) is 0 Å². The Labute approximate surface area is 120 Å². The minimum atomic E-state index is -0.453. The molecule has 1 saturated carbocycles. The van der Waals surface area contributed by atoms with E-state index < -0.39 is 6.04 Å². The number of hydrogen-bond acceptors (Lipinski definition) is 3. The van der Waals surface area contributed by atoms with E-state index in [9.17, 15) is 4.79 Å². The summed E-state index contributed by atoms with van der Waals surface area (Å²) in [7, 11) is 1.65. The topological polar surface area (TPSA) is 64.3 Å². The molecule has 1 aliphatic carbocycles. The third kappa shape index (κ3) is 2.80. The minimum Gasteiger partial charge on any atom is -0.497 e. The molecule has 1 amide bonds. The zero-order chi connectivity index (χ0) is 14.8. The number of carbonyl (C=O) groups excluding carboxylic acids is 1. The smallest absolute Gasteiger partial charge is 0.237 e. The van der Waals surface area contributed by atoms with Gasteiger partial charge in [0.2, 0.25) is 5.91 Å². The van der Waals surface area contributed by atoms with Crippen LogP contribution in [0.15, 0.2) is 24.3 Å². The van der Waals surface area contributed by atoms with Gasteiger partial charge in [0.15, 0.2) is 0 Å². The van der Waals surface area contributed by atoms with Crippen molar-refractivity contribution in [1.29, 1.82) is 0 Å². The largest absolute Gasteiger partial charge is 0.497 e. The van der Waals surface area contributed by atoms with Gasteiger partial charge in [0.1, 0.15) is 5.75 Å². The zero-order valence-corrected chi connectivity index (χ0v) is 12.5. The van der Waals surface area contributed by atoms with Gasteiger partial charge in [-0.25, -0.2) is 0 Å². The molecule has 3 N–H and O–H groups in total. The van der Waals surface area contributed by atoms with Gasteiger partial charge in [-0.2, -0.15) is 0 Å².